The Morgan fingerprint density at radius 1 is 1.15 bits per heavy atom. The fourth-order valence-electron chi connectivity index (χ4n) is 1.81. The number of hydrogen-bond acceptors (Lipinski definition) is 5. The lowest BCUT2D eigenvalue weighted by molar-refractivity contribution is -0.118. The standard InChI is InChI=1S/C15H16O5/c16-7-2-1-5-13(19)10-14-12(11-18)4-3-6-15(14)20-9-8-17/h3-4,6-8,11H,1-2,5,9-10H2. The summed E-state index contributed by atoms with van der Waals surface area (Å²) in [5, 5.41) is 0. The van der Waals surface area contributed by atoms with Crippen LogP contribution in [0.25, 0.3) is 0 Å². The Kier molecular flexibility index (Phi) is 6.89. The van der Waals surface area contributed by atoms with E-state index in [-0.39, 0.29) is 25.2 Å². The summed E-state index contributed by atoms with van der Waals surface area (Å²) in [4.78, 5) is 43.4. The molecule has 1 aromatic rings. The van der Waals surface area contributed by atoms with Crippen molar-refractivity contribution < 1.29 is 23.9 Å². The summed E-state index contributed by atoms with van der Waals surface area (Å²) in [5.41, 5.74) is 0.859. The predicted molar refractivity (Wildman–Crippen MR) is 72.0 cm³/mol. The Morgan fingerprint density at radius 2 is 1.95 bits per heavy atom. The number of Topliss-reactive ketones (excluding diaryl/α,β-unsaturated/α-hetero) is 1. The van der Waals surface area contributed by atoms with E-state index >= 15 is 0 Å². The van der Waals surface area contributed by atoms with Crippen LogP contribution < -0.4 is 4.74 Å². The molecule has 1 rings (SSSR count). The highest BCUT2D eigenvalue weighted by Crippen LogP contribution is 2.23. The fourth-order valence-corrected chi connectivity index (χ4v) is 1.81. The third-order valence-electron chi connectivity index (χ3n) is 2.75. The van der Waals surface area contributed by atoms with Crippen LogP contribution in [0.3, 0.4) is 0 Å². The molecule has 0 unspecified atom stereocenters. The molecule has 5 nitrogen and oxygen atoms in total. The number of ketones is 1. The third-order valence-corrected chi connectivity index (χ3v) is 2.75. The van der Waals surface area contributed by atoms with Gasteiger partial charge in [0.05, 0.1) is 0 Å². The minimum atomic E-state index is -0.130. The minimum Gasteiger partial charge on any atom is -0.486 e. The smallest absolute Gasteiger partial charge is 0.157 e. The SMILES string of the molecule is O=CCCCC(=O)Cc1c(C=O)cccc1OCC=O. The molecule has 0 spiro atoms. The molecular formula is C15H16O5. The van der Waals surface area contributed by atoms with Crippen LogP contribution in [0.2, 0.25) is 0 Å². The lowest BCUT2D eigenvalue weighted by Gasteiger charge is -2.11. The maximum atomic E-state index is 11.8. The van der Waals surface area contributed by atoms with Crippen LogP contribution in [0.15, 0.2) is 18.2 Å². The molecule has 0 fully saturated rings. The molecule has 0 N–H and O–H groups in total. The van der Waals surface area contributed by atoms with Crippen molar-refractivity contribution in [3.8, 4) is 5.75 Å². The second-order valence-electron chi connectivity index (χ2n) is 4.19. The second-order valence-corrected chi connectivity index (χ2v) is 4.19. The first-order chi connectivity index (χ1) is 9.72. The summed E-state index contributed by atoms with van der Waals surface area (Å²) >= 11 is 0. The maximum absolute atomic E-state index is 11.8. The lowest BCUT2D eigenvalue weighted by atomic mass is 9.99. The highest BCUT2D eigenvalue weighted by Gasteiger charge is 2.13. The number of ether oxygens (including phenoxy) is 1. The Balaban J connectivity index is 2.83. The summed E-state index contributed by atoms with van der Waals surface area (Å²) in [6.45, 7) is -0.130. The van der Waals surface area contributed by atoms with E-state index in [1.54, 1.807) is 18.2 Å². The minimum absolute atomic E-state index is 0.0575. The van der Waals surface area contributed by atoms with E-state index in [2.05, 4.69) is 0 Å². The molecular weight excluding hydrogens is 260 g/mol. The molecule has 5 heteroatoms. The highest BCUT2D eigenvalue weighted by atomic mass is 16.5. The van der Waals surface area contributed by atoms with Gasteiger partial charge < -0.3 is 9.53 Å². The van der Waals surface area contributed by atoms with Crippen molar-refractivity contribution in [2.24, 2.45) is 0 Å². The topological polar surface area (TPSA) is 77.5 Å². The molecule has 0 aromatic heterocycles. The first-order valence-electron chi connectivity index (χ1n) is 6.31. The van der Waals surface area contributed by atoms with Crippen LogP contribution in [0.1, 0.15) is 35.2 Å². The molecule has 20 heavy (non-hydrogen) atoms. The molecule has 106 valence electrons. The van der Waals surface area contributed by atoms with Gasteiger partial charge >= 0.3 is 0 Å². The van der Waals surface area contributed by atoms with Gasteiger partial charge in [0.2, 0.25) is 0 Å². The molecule has 0 aliphatic rings. The monoisotopic (exact) mass is 276 g/mol. The lowest BCUT2D eigenvalue weighted by Crippen LogP contribution is -2.09. The van der Waals surface area contributed by atoms with Crippen LogP contribution in [0.4, 0.5) is 0 Å². The average molecular weight is 276 g/mol. The molecule has 0 heterocycles. The van der Waals surface area contributed by atoms with E-state index < -0.39 is 0 Å². The van der Waals surface area contributed by atoms with Crippen LogP contribution in [0.5, 0.6) is 5.75 Å². The molecule has 0 aliphatic carbocycles. The molecule has 0 saturated carbocycles. The van der Waals surface area contributed by atoms with Gasteiger partial charge in [0.15, 0.2) is 6.29 Å². The predicted octanol–water partition coefficient (Wildman–Crippen LogP) is 1.56. The van der Waals surface area contributed by atoms with Crippen LogP contribution in [-0.2, 0) is 20.8 Å². The quantitative estimate of drug-likeness (QED) is 0.478. The van der Waals surface area contributed by atoms with Crippen molar-refractivity contribution in [3.63, 3.8) is 0 Å². The highest BCUT2D eigenvalue weighted by molar-refractivity contribution is 5.86. The van der Waals surface area contributed by atoms with Gasteiger partial charge in [-0.2, -0.15) is 0 Å². The second kappa shape index (κ2) is 8.74. The number of carbonyl (C=O) groups excluding carboxylic acids is 4. The molecule has 1 aromatic carbocycles. The zero-order chi connectivity index (χ0) is 14.8. The van der Waals surface area contributed by atoms with Crippen molar-refractivity contribution in [1.29, 1.82) is 0 Å². The summed E-state index contributed by atoms with van der Waals surface area (Å²) in [6.07, 6.45) is 3.20. The summed E-state index contributed by atoms with van der Waals surface area (Å²) in [5.74, 6) is 0.294. The molecule has 0 atom stereocenters. The summed E-state index contributed by atoms with van der Waals surface area (Å²) in [7, 11) is 0. The average Bonchev–Trinajstić information content (AvgIpc) is 2.46. The number of aldehydes is 3. The zero-order valence-electron chi connectivity index (χ0n) is 11.0. The zero-order valence-corrected chi connectivity index (χ0v) is 11.0. The Bertz CT molecular complexity index is 493. The van der Waals surface area contributed by atoms with Crippen molar-refractivity contribution >= 4 is 24.6 Å². The first kappa shape index (κ1) is 15.8. The van der Waals surface area contributed by atoms with Gasteiger partial charge in [0.25, 0.3) is 0 Å². The van der Waals surface area contributed by atoms with Crippen molar-refractivity contribution in [1.82, 2.24) is 0 Å². The van der Waals surface area contributed by atoms with E-state index in [1.165, 1.54) is 0 Å². The fraction of sp³-hybridized carbons (Fsp3) is 0.333. The summed E-state index contributed by atoms with van der Waals surface area (Å²) < 4.78 is 5.22. The normalized spacial score (nSPS) is 9.80. The van der Waals surface area contributed by atoms with E-state index in [1.807, 2.05) is 0 Å². The van der Waals surface area contributed by atoms with Crippen molar-refractivity contribution in [2.45, 2.75) is 25.7 Å². The largest absolute Gasteiger partial charge is 0.486 e. The third kappa shape index (κ3) is 4.76. The molecule has 0 aliphatic heterocycles. The van der Waals surface area contributed by atoms with Gasteiger partial charge in [-0.3, -0.25) is 14.4 Å². The van der Waals surface area contributed by atoms with E-state index in [0.717, 1.165) is 6.29 Å². The van der Waals surface area contributed by atoms with Crippen LogP contribution >= 0.6 is 0 Å². The number of benzene rings is 1. The van der Waals surface area contributed by atoms with Gasteiger partial charge in [0.1, 0.15) is 30.7 Å². The number of carbonyl (C=O) groups is 4. The van der Waals surface area contributed by atoms with Crippen molar-refractivity contribution in [3.05, 3.63) is 29.3 Å². The summed E-state index contributed by atoms with van der Waals surface area (Å²) in [6, 6.07) is 4.84. The van der Waals surface area contributed by atoms with Crippen molar-refractivity contribution in [2.75, 3.05) is 6.61 Å². The maximum Gasteiger partial charge on any atom is 0.157 e. The molecule has 0 radical (unpaired) electrons. The van der Waals surface area contributed by atoms with E-state index in [4.69, 9.17) is 4.74 Å². The van der Waals surface area contributed by atoms with E-state index in [9.17, 15) is 19.2 Å². The molecule has 0 saturated heterocycles. The van der Waals surface area contributed by atoms with Gasteiger partial charge in [0, 0.05) is 30.4 Å². The van der Waals surface area contributed by atoms with E-state index in [0.29, 0.717) is 42.3 Å². The van der Waals surface area contributed by atoms with Gasteiger partial charge in [-0.15, -0.1) is 0 Å². The van der Waals surface area contributed by atoms with Gasteiger partial charge in [-0.1, -0.05) is 12.1 Å². The van der Waals surface area contributed by atoms with Gasteiger partial charge in [-0.05, 0) is 12.5 Å². The van der Waals surface area contributed by atoms with Crippen LogP contribution in [-0.4, -0.2) is 31.2 Å². The number of hydrogen-bond donors (Lipinski definition) is 0. The first-order valence-corrected chi connectivity index (χ1v) is 6.31. The molecule has 0 bridgehead atoms. The Labute approximate surface area is 116 Å². The molecule has 0 amide bonds. The van der Waals surface area contributed by atoms with Crippen LogP contribution in [0, 0.1) is 0 Å². The Hall–Kier alpha value is -2.30. The number of rotatable bonds is 10. The number of unbranched alkanes of at least 4 members (excludes halogenated alkanes) is 1. The Morgan fingerprint density at radius 3 is 2.60 bits per heavy atom. The van der Waals surface area contributed by atoms with Gasteiger partial charge in [-0.25, -0.2) is 0 Å².